The van der Waals surface area contributed by atoms with Crippen LogP contribution >= 0.6 is 11.6 Å². The van der Waals surface area contributed by atoms with Crippen molar-refractivity contribution in [1.29, 1.82) is 0 Å². The van der Waals surface area contributed by atoms with E-state index in [1.807, 2.05) is 67.7 Å². The number of carbonyl (C=O) groups excluding carboxylic acids is 2. The summed E-state index contributed by atoms with van der Waals surface area (Å²) >= 11 is 6.46. The molecule has 2 unspecified atom stereocenters. The van der Waals surface area contributed by atoms with E-state index in [1.54, 1.807) is 7.11 Å². The molecule has 2 aliphatic rings. The average Bonchev–Trinajstić information content (AvgIpc) is 3.40. The lowest BCUT2D eigenvalue weighted by molar-refractivity contribution is -0.144. The van der Waals surface area contributed by atoms with Crippen molar-refractivity contribution in [2.75, 3.05) is 13.7 Å². The highest BCUT2D eigenvalue weighted by atomic mass is 35.5. The van der Waals surface area contributed by atoms with Gasteiger partial charge in [-0.05, 0) is 86.1 Å². The van der Waals surface area contributed by atoms with E-state index in [9.17, 15) is 9.59 Å². The van der Waals surface area contributed by atoms with Crippen LogP contribution in [0, 0.1) is 11.8 Å². The van der Waals surface area contributed by atoms with Crippen LogP contribution < -0.4 is 4.74 Å². The number of aromatic nitrogens is 1. The maximum Gasteiger partial charge on any atom is 0.306 e. The van der Waals surface area contributed by atoms with Gasteiger partial charge in [0.25, 0.3) is 0 Å². The number of nitrogens with zero attached hydrogens (tertiary/aromatic N) is 1. The number of hydrogen-bond acceptors (Lipinski definition) is 5. The summed E-state index contributed by atoms with van der Waals surface area (Å²) < 4.78 is 19.5. The number of fused-ring (bicyclic) bond motifs is 3. The SMILES string of the molecule is CCOC(=O)CC1CCC(CCC(=O)CC2OC(c3cccc(OC)c3)c3cc(Cl)ccc3-n3cccc32)CC1. The van der Waals surface area contributed by atoms with Crippen molar-refractivity contribution < 1.29 is 23.8 Å². The number of esters is 1. The molecule has 3 aromatic rings. The fraction of sp³-hybridized carbons (Fsp3) is 0.455. The molecule has 2 atom stereocenters. The van der Waals surface area contributed by atoms with Crippen molar-refractivity contribution in [3.05, 3.63) is 82.6 Å². The quantitative estimate of drug-likeness (QED) is 0.235. The monoisotopic (exact) mass is 563 g/mol. The van der Waals surface area contributed by atoms with Gasteiger partial charge in [-0.3, -0.25) is 9.59 Å². The molecule has 0 N–H and O–H groups in total. The van der Waals surface area contributed by atoms with Crippen LogP contribution in [0.25, 0.3) is 5.69 Å². The largest absolute Gasteiger partial charge is 0.497 e. The zero-order valence-corrected chi connectivity index (χ0v) is 24.1. The van der Waals surface area contributed by atoms with E-state index >= 15 is 0 Å². The molecule has 1 saturated carbocycles. The van der Waals surface area contributed by atoms with Gasteiger partial charge in [0.05, 0.1) is 25.1 Å². The zero-order chi connectivity index (χ0) is 28.1. The Morgan fingerprint density at radius 1 is 1.00 bits per heavy atom. The number of rotatable bonds is 10. The first kappa shape index (κ1) is 28.4. The van der Waals surface area contributed by atoms with Gasteiger partial charge in [-0.2, -0.15) is 0 Å². The van der Waals surface area contributed by atoms with E-state index in [4.69, 9.17) is 25.8 Å². The lowest BCUT2D eigenvalue weighted by atomic mass is 9.78. The number of ketones is 1. The van der Waals surface area contributed by atoms with E-state index in [0.29, 0.717) is 42.7 Å². The summed E-state index contributed by atoms with van der Waals surface area (Å²) in [7, 11) is 1.65. The number of Topliss-reactive ketones (excluding diaryl/α,β-unsaturated/α-hetero) is 1. The second kappa shape index (κ2) is 13.0. The smallest absolute Gasteiger partial charge is 0.306 e. The Morgan fingerprint density at radius 3 is 2.58 bits per heavy atom. The van der Waals surface area contributed by atoms with Gasteiger partial charge in [0.15, 0.2) is 0 Å². The Balaban J connectivity index is 1.28. The molecule has 1 fully saturated rings. The summed E-state index contributed by atoms with van der Waals surface area (Å²) in [5.41, 5.74) is 3.85. The Labute approximate surface area is 241 Å². The first-order chi connectivity index (χ1) is 19.4. The van der Waals surface area contributed by atoms with Crippen LogP contribution in [-0.4, -0.2) is 30.0 Å². The van der Waals surface area contributed by atoms with E-state index in [2.05, 4.69) is 4.57 Å². The molecule has 212 valence electrons. The third kappa shape index (κ3) is 6.61. The van der Waals surface area contributed by atoms with Crippen molar-refractivity contribution in [1.82, 2.24) is 4.57 Å². The number of methoxy groups -OCH3 is 1. The minimum atomic E-state index is -0.406. The molecule has 7 heteroatoms. The molecular formula is C33H38ClNO5. The van der Waals surface area contributed by atoms with E-state index in [-0.39, 0.29) is 11.8 Å². The van der Waals surface area contributed by atoms with E-state index < -0.39 is 12.2 Å². The topological polar surface area (TPSA) is 66.8 Å². The predicted molar refractivity (Wildman–Crippen MR) is 155 cm³/mol. The molecule has 6 nitrogen and oxygen atoms in total. The molecule has 5 rings (SSSR count). The summed E-state index contributed by atoms with van der Waals surface area (Å²) in [5, 5.41) is 0.635. The van der Waals surface area contributed by atoms with Crippen molar-refractivity contribution in [2.24, 2.45) is 11.8 Å². The molecule has 0 saturated heterocycles. The highest BCUT2D eigenvalue weighted by Crippen LogP contribution is 2.43. The maximum absolute atomic E-state index is 13.4. The van der Waals surface area contributed by atoms with Crippen LogP contribution in [0.4, 0.5) is 0 Å². The van der Waals surface area contributed by atoms with Crippen LogP contribution in [0.1, 0.15) is 87.3 Å². The summed E-state index contributed by atoms with van der Waals surface area (Å²) in [6.07, 6.45) is 7.64. The predicted octanol–water partition coefficient (Wildman–Crippen LogP) is 7.80. The van der Waals surface area contributed by atoms with E-state index in [1.165, 1.54) is 0 Å². The molecule has 0 amide bonds. The zero-order valence-electron chi connectivity index (χ0n) is 23.3. The third-order valence-corrected chi connectivity index (χ3v) is 8.55. The minimum absolute atomic E-state index is 0.0917. The minimum Gasteiger partial charge on any atom is -0.497 e. The fourth-order valence-corrected chi connectivity index (χ4v) is 6.39. The fourth-order valence-electron chi connectivity index (χ4n) is 6.21. The molecule has 0 radical (unpaired) electrons. The van der Waals surface area contributed by atoms with Gasteiger partial charge in [0, 0.05) is 36.0 Å². The second-order valence-electron chi connectivity index (χ2n) is 11.0. The normalized spacial score (nSPS) is 22.1. The number of carbonyl (C=O) groups is 2. The van der Waals surface area contributed by atoms with Gasteiger partial charge in [-0.25, -0.2) is 0 Å². The van der Waals surface area contributed by atoms with Gasteiger partial charge in [-0.15, -0.1) is 0 Å². The summed E-state index contributed by atoms with van der Waals surface area (Å²) in [6, 6.07) is 17.8. The molecule has 1 aliphatic carbocycles. The summed E-state index contributed by atoms with van der Waals surface area (Å²) in [5.74, 6) is 1.79. The Morgan fingerprint density at radius 2 is 1.80 bits per heavy atom. The Bertz CT molecular complexity index is 1330. The van der Waals surface area contributed by atoms with Crippen molar-refractivity contribution in [3.63, 3.8) is 0 Å². The molecule has 1 aliphatic heterocycles. The molecule has 2 heterocycles. The highest BCUT2D eigenvalue weighted by Gasteiger charge is 2.32. The van der Waals surface area contributed by atoms with Crippen LogP contribution in [-0.2, 0) is 19.1 Å². The first-order valence-electron chi connectivity index (χ1n) is 14.4. The van der Waals surface area contributed by atoms with Crippen molar-refractivity contribution in [3.8, 4) is 11.4 Å². The van der Waals surface area contributed by atoms with Crippen molar-refractivity contribution >= 4 is 23.4 Å². The first-order valence-corrected chi connectivity index (χ1v) is 14.8. The lowest BCUT2D eigenvalue weighted by Crippen LogP contribution is -2.20. The molecule has 1 aromatic heterocycles. The second-order valence-corrected chi connectivity index (χ2v) is 11.4. The maximum atomic E-state index is 13.4. The molecule has 40 heavy (non-hydrogen) atoms. The highest BCUT2D eigenvalue weighted by molar-refractivity contribution is 6.30. The standard InChI is InChI=1S/C33H38ClNO5/c1-3-39-32(37)18-23-11-9-22(10-12-23)13-15-26(36)21-31-30-8-5-17-35(30)29-16-14-25(34)20-28(29)33(40-31)24-6-4-7-27(19-24)38-2/h4-8,14,16-17,19-20,22-23,31,33H,3,9-13,15,18,21H2,1-2H3. The molecule has 0 spiro atoms. The Hall–Kier alpha value is -3.09. The lowest BCUT2D eigenvalue weighted by Gasteiger charge is -2.28. The summed E-state index contributed by atoms with van der Waals surface area (Å²) in [6.45, 7) is 2.28. The Kier molecular flexibility index (Phi) is 9.28. The van der Waals surface area contributed by atoms with Gasteiger partial charge >= 0.3 is 5.97 Å². The molecular weight excluding hydrogens is 526 g/mol. The molecule has 0 bridgehead atoms. The number of ether oxygens (including phenoxy) is 3. The third-order valence-electron chi connectivity index (χ3n) is 8.31. The van der Waals surface area contributed by atoms with Gasteiger partial charge in [0.1, 0.15) is 23.7 Å². The number of halogens is 1. The van der Waals surface area contributed by atoms with Gasteiger partial charge < -0.3 is 18.8 Å². The van der Waals surface area contributed by atoms with Crippen molar-refractivity contribution in [2.45, 2.75) is 70.5 Å². The van der Waals surface area contributed by atoms with Gasteiger partial charge in [0.2, 0.25) is 0 Å². The van der Waals surface area contributed by atoms with Crippen LogP contribution in [0.3, 0.4) is 0 Å². The van der Waals surface area contributed by atoms with Crippen LogP contribution in [0.2, 0.25) is 5.02 Å². The number of hydrogen-bond donors (Lipinski definition) is 0. The summed E-state index contributed by atoms with van der Waals surface area (Å²) in [4.78, 5) is 25.2. The van der Waals surface area contributed by atoms with Crippen LogP contribution in [0.5, 0.6) is 5.75 Å². The molecule has 2 aromatic carbocycles. The average molecular weight is 564 g/mol. The number of benzene rings is 2. The van der Waals surface area contributed by atoms with E-state index in [0.717, 1.165) is 60.4 Å². The van der Waals surface area contributed by atoms with Crippen LogP contribution in [0.15, 0.2) is 60.8 Å². The van der Waals surface area contributed by atoms with Gasteiger partial charge in [-0.1, -0.05) is 36.6 Å².